The molecule has 0 aliphatic carbocycles. The van der Waals surface area contributed by atoms with Crippen molar-refractivity contribution in [2.45, 2.75) is 45.3 Å². The number of fused-ring (bicyclic) bond motifs is 1. The van der Waals surface area contributed by atoms with Crippen LogP contribution < -0.4 is 15.4 Å². The number of aliphatic hydroxyl groups is 2. The van der Waals surface area contributed by atoms with Gasteiger partial charge in [0.2, 0.25) is 5.91 Å². The molecule has 1 heterocycles. The number of ether oxygens (including phenoxy) is 1. The van der Waals surface area contributed by atoms with Gasteiger partial charge in [0.15, 0.2) is 0 Å². The number of nitrogens with one attached hydrogen (secondary N) is 3. The third kappa shape index (κ3) is 7.76. The first-order valence-corrected chi connectivity index (χ1v) is 13.7. The summed E-state index contributed by atoms with van der Waals surface area (Å²) in [4.78, 5) is 14.4. The van der Waals surface area contributed by atoms with Crippen molar-refractivity contribution in [1.29, 1.82) is 0 Å². The maximum absolute atomic E-state index is 11.4. The lowest BCUT2D eigenvalue weighted by atomic mass is 10.00. The van der Waals surface area contributed by atoms with Crippen LogP contribution in [-0.4, -0.2) is 46.9 Å². The van der Waals surface area contributed by atoms with Crippen molar-refractivity contribution in [3.05, 3.63) is 94.1 Å². The summed E-state index contributed by atoms with van der Waals surface area (Å²) < 4.78 is 5.73. The summed E-state index contributed by atoms with van der Waals surface area (Å²) in [6.45, 7) is 4.76. The number of rotatable bonds is 13. The maximum Gasteiger partial charge on any atom is 0.216 e. The molecule has 2 unspecified atom stereocenters. The number of halogens is 1. The molecule has 0 bridgehead atoms. The van der Waals surface area contributed by atoms with E-state index in [0.29, 0.717) is 36.8 Å². The Morgan fingerprint density at radius 1 is 1.05 bits per heavy atom. The zero-order chi connectivity index (χ0) is 27.8. The molecule has 2 atom stereocenters. The van der Waals surface area contributed by atoms with Crippen LogP contribution in [0.5, 0.6) is 5.75 Å². The predicted molar refractivity (Wildman–Crippen MR) is 157 cm³/mol. The Hall–Kier alpha value is -3.52. The number of carbonyl (C=O) groups excluding carboxylic acids is 1. The number of aliphatic hydroxyl groups excluding tert-OH is 2. The van der Waals surface area contributed by atoms with Crippen LogP contribution in [0.25, 0.3) is 10.9 Å². The lowest BCUT2D eigenvalue weighted by Crippen LogP contribution is -2.31. The van der Waals surface area contributed by atoms with E-state index in [1.54, 1.807) is 12.1 Å². The fraction of sp³-hybridized carbons (Fsp3) is 0.323. The largest absolute Gasteiger partial charge is 0.493 e. The van der Waals surface area contributed by atoms with E-state index in [0.717, 1.165) is 39.8 Å². The van der Waals surface area contributed by atoms with E-state index >= 15 is 0 Å². The number of benzene rings is 3. The minimum absolute atomic E-state index is 0.178. The Labute approximate surface area is 234 Å². The van der Waals surface area contributed by atoms with Crippen molar-refractivity contribution >= 4 is 34.1 Å². The number of H-pyrrole nitrogens is 1. The number of aryl methyl sites for hydroxylation is 1. The zero-order valence-electron chi connectivity index (χ0n) is 22.3. The van der Waals surface area contributed by atoms with Crippen molar-refractivity contribution < 1.29 is 19.7 Å². The third-order valence-electron chi connectivity index (χ3n) is 6.74. The molecule has 206 valence electrons. The average molecular weight is 550 g/mol. The summed E-state index contributed by atoms with van der Waals surface area (Å²) in [5, 5.41) is 29.0. The summed E-state index contributed by atoms with van der Waals surface area (Å²) in [5.41, 5.74) is 5.78. The second kappa shape index (κ2) is 13.5. The normalized spacial score (nSPS) is 12.7. The number of carbonyl (C=O) groups is 1. The van der Waals surface area contributed by atoms with Gasteiger partial charge in [-0.2, -0.15) is 0 Å². The highest BCUT2D eigenvalue weighted by molar-refractivity contribution is 6.31. The van der Waals surface area contributed by atoms with E-state index in [-0.39, 0.29) is 12.5 Å². The number of amides is 1. The van der Waals surface area contributed by atoms with Crippen molar-refractivity contribution in [3.63, 3.8) is 0 Å². The first-order valence-electron chi connectivity index (χ1n) is 13.3. The second-order valence-corrected chi connectivity index (χ2v) is 10.1. The number of hydrogen-bond donors (Lipinski definition) is 5. The van der Waals surface area contributed by atoms with Crippen LogP contribution in [0.15, 0.2) is 66.7 Å². The Bertz CT molecular complexity index is 1370. The quantitative estimate of drug-likeness (QED) is 0.154. The summed E-state index contributed by atoms with van der Waals surface area (Å²) in [6.07, 6.45) is 0.568. The van der Waals surface area contributed by atoms with Gasteiger partial charge in [0, 0.05) is 48.0 Å². The van der Waals surface area contributed by atoms with Crippen LogP contribution in [-0.2, 0) is 17.6 Å². The molecule has 1 aromatic heterocycles. The third-order valence-corrected chi connectivity index (χ3v) is 6.98. The van der Waals surface area contributed by atoms with E-state index in [2.05, 4.69) is 46.8 Å². The molecule has 1 amide bonds. The first-order chi connectivity index (χ1) is 18.8. The molecular weight excluding hydrogens is 514 g/mol. The van der Waals surface area contributed by atoms with Crippen molar-refractivity contribution in [2.75, 3.05) is 25.0 Å². The van der Waals surface area contributed by atoms with Gasteiger partial charge in [-0.1, -0.05) is 42.8 Å². The first kappa shape index (κ1) is 28.5. The molecule has 0 spiro atoms. The molecule has 39 heavy (non-hydrogen) atoms. The van der Waals surface area contributed by atoms with Gasteiger partial charge in [0.25, 0.3) is 0 Å². The van der Waals surface area contributed by atoms with Gasteiger partial charge in [0.1, 0.15) is 11.9 Å². The highest BCUT2D eigenvalue weighted by Gasteiger charge is 2.20. The standard InChI is InChI=1S/C31H36ClN3O4/c1-3-21-4-9-24(10-5-21)33-16-14-27-28-18-23(32)8-13-29(28)35-30(27)31(38)22-6-11-26(12-7-22)39-17-15-25(37)19-34-20(2)36/h4-13,18,25,31,33,35,37-38H,3,14-17,19H2,1-2H3,(H,34,36). The predicted octanol–water partition coefficient (Wildman–Crippen LogP) is 5.39. The Morgan fingerprint density at radius 3 is 2.49 bits per heavy atom. The summed E-state index contributed by atoms with van der Waals surface area (Å²) in [6, 6.07) is 21.4. The molecule has 0 aliphatic rings. The van der Waals surface area contributed by atoms with Crippen LogP contribution >= 0.6 is 11.6 Å². The van der Waals surface area contributed by atoms with Gasteiger partial charge in [-0.3, -0.25) is 4.79 Å². The lowest BCUT2D eigenvalue weighted by molar-refractivity contribution is -0.119. The fourth-order valence-corrected chi connectivity index (χ4v) is 4.70. The van der Waals surface area contributed by atoms with Gasteiger partial charge < -0.3 is 30.6 Å². The van der Waals surface area contributed by atoms with Gasteiger partial charge >= 0.3 is 0 Å². The van der Waals surface area contributed by atoms with Crippen LogP contribution in [0.4, 0.5) is 5.69 Å². The van der Waals surface area contributed by atoms with Crippen LogP contribution in [0.1, 0.15) is 48.8 Å². The van der Waals surface area contributed by atoms with E-state index in [1.165, 1.54) is 12.5 Å². The highest BCUT2D eigenvalue weighted by atomic mass is 35.5. The summed E-state index contributed by atoms with van der Waals surface area (Å²) in [7, 11) is 0. The Morgan fingerprint density at radius 2 is 1.79 bits per heavy atom. The molecule has 8 heteroatoms. The molecule has 3 aromatic carbocycles. The van der Waals surface area contributed by atoms with E-state index in [1.807, 2.05) is 30.3 Å². The summed E-state index contributed by atoms with van der Waals surface area (Å²) >= 11 is 6.32. The Balaban J connectivity index is 1.43. The second-order valence-electron chi connectivity index (χ2n) is 9.63. The van der Waals surface area contributed by atoms with Gasteiger partial charge in [0.05, 0.1) is 18.4 Å². The molecule has 0 fully saturated rings. The topological polar surface area (TPSA) is 107 Å². The highest BCUT2D eigenvalue weighted by Crippen LogP contribution is 2.33. The molecule has 7 nitrogen and oxygen atoms in total. The van der Waals surface area contributed by atoms with Crippen molar-refractivity contribution in [1.82, 2.24) is 10.3 Å². The van der Waals surface area contributed by atoms with Gasteiger partial charge in [-0.05, 0) is 72.0 Å². The van der Waals surface area contributed by atoms with Crippen LogP contribution in [0, 0.1) is 0 Å². The van der Waals surface area contributed by atoms with E-state index < -0.39 is 12.2 Å². The number of aromatic amines is 1. The number of aromatic nitrogens is 1. The lowest BCUT2D eigenvalue weighted by Gasteiger charge is -2.15. The Kier molecular flexibility index (Phi) is 9.87. The van der Waals surface area contributed by atoms with Crippen molar-refractivity contribution in [2.24, 2.45) is 0 Å². The minimum atomic E-state index is -0.858. The van der Waals surface area contributed by atoms with Gasteiger partial charge in [-0.15, -0.1) is 0 Å². The minimum Gasteiger partial charge on any atom is -0.493 e. The monoisotopic (exact) mass is 549 g/mol. The van der Waals surface area contributed by atoms with Crippen LogP contribution in [0.3, 0.4) is 0 Å². The molecule has 5 N–H and O–H groups in total. The SMILES string of the molecule is CCc1ccc(NCCc2c(C(O)c3ccc(OCCC(O)CNC(C)=O)cc3)[nH]c3ccc(Cl)cc23)cc1. The zero-order valence-corrected chi connectivity index (χ0v) is 23.1. The maximum atomic E-state index is 11.4. The van der Waals surface area contributed by atoms with Crippen LogP contribution in [0.2, 0.25) is 5.02 Å². The molecule has 4 rings (SSSR count). The molecule has 0 radical (unpaired) electrons. The molecule has 0 saturated carbocycles. The summed E-state index contributed by atoms with van der Waals surface area (Å²) in [5.74, 6) is 0.461. The van der Waals surface area contributed by atoms with E-state index in [4.69, 9.17) is 16.3 Å². The number of anilines is 1. The smallest absolute Gasteiger partial charge is 0.216 e. The molecule has 0 saturated heterocycles. The number of hydrogen-bond acceptors (Lipinski definition) is 5. The molecular formula is C31H36ClN3O4. The molecule has 4 aromatic rings. The molecule has 0 aliphatic heterocycles. The van der Waals surface area contributed by atoms with Crippen molar-refractivity contribution in [3.8, 4) is 5.75 Å². The van der Waals surface area contributed by atoms with E-state index in [9.17, 15) is 15.0 Å². The van der Waals surface area contributed by atoms with Gasteiger partial charge in [-0.25, -0.2) is 0 Å². The fourth-order valence-electron chi connectivity index (χ4n) is 4.52. The average Bonchev–Trinajstić information content (AvgIpc) is 3.29.